The van der Waals surface area contributed by atoms with Gasteiger partial charge in [0, 0.05) is 25.8 Å². The zero-order chi connectivity index (χ0) is 20.4. The fraction of sp³-hybridized carbons (Fsp3) is 0.650. The van der Waals surface area contributed by atoms with Crippen molar-refractivity contribution in [2.75, 3.05) is 24.5 Å². The second-order valence-electron chi connectivity index (χ2n) is 8.21. The van der Waals surface area contributed by atoms with Gasteiger partial charge in [0.2, 0.25) is 0 Å². The predicted molar refractivity (Wildman–Crippen MR) is 105 cm³/mol. The lowest BCUT2D eigenvalue weighted by Crippen LogP contribution is -2.44. The summed E-state index contributed by atoms with van der Waals surface area (Å²) in [6, 6.07) is 1.74. The molecule has 2 rings (SSSR count). The number of hydrogen-bond donors (Lipinski definition) is 1. The van der Waals surface area contributed by atoms with E-state index in [4.69, 9.17) is 4.74 Å². The van der Waals surface area contributed by atoms with Gasteiger partial charge in [-0.25, -0.2) is 14.6 Å². The summed E-state index contributed by atoms with van der Waals surface area (Å²) in [5.41, 5.74) is 0.482. The molecule has 0 aromatic carbocycles. The van der Waals surface area contributed by atoms with Crippen LogP contribution in [0.1, 0.15) is 69.8 Å². The highest BCUT2D eigenvalue weighted by atomic mass is 16.6. The number of aromatic nitrogens is 1. The van der Waals surface area contributed by atoms with Gasteiger partial charge < -0.3 is 19.6 Å². The molecule has 7 heteroatoms. The molecular weight excluding hydrogens is 346 g/mol. The van der Waals surface area contributed by atoms with Gasteiger partial charge in [-0.15, -0.1) is 0 Å². The van der Waals surface area contributed by atoms with E-state index in [2.05, 4.69) is 4.98 Å². The lowest BCUT2D eigenvalue weighted by atomic mass is 9.98. The van der Waals surface area contributed by atoms with E-state index in [9.17, 15) is 14.7 Å². The highest BCUT2D eigenvalue weighted by Crippen LogP contribution is 2.30. The molecule has 0 bridgehead atoms. The van der Waals surface area contributed by atoms with Crippen LogP contribution < -0.4 is 4.90 Å². The molecule has 1 aromatic rings. The third-order valence-electron chi connectivity index (χ3n) is 4.67. The Morgan fingerprint density at radius 3 is 2.59 bits per heavy atom. The number of anilines is 1. The summed E-state index contributed by atoms with van der Waals surface area (Å²) in [4.78, 5) is 32.4. The molecule has 1 aromatic heterocycles. The van der Waals surface area contributed by atoms with Crippen LogP contribution in [-0.4, -0.2) is 58.3 Å². The van der Waals surface area contributed by atoms with Crippen molar-refractivity contribution >= 4 is 17.9 Å². The molecule has 150 valence electrons. The third-order valence-corrected chi connectivity index (χ3v) is 4.67. The Morgan fingerprint density at radius 1 is 1.41 bits per heavy atom. The highest BCUT2D eigenvalue weighted by Gasteiger charge is 2.34. The Balaban J connectivity index is 2.24. The van der Waals surface area contributed by atoms with E-state index in [0.717, 1.165) is 12.0 Å². The average Bonchev–Trinajstić information content (AvgIpc) is 3.02. The number of carboxylic acid groups (broad SMARTS) is 1. The van der Waals surface area contributed by atoms with Crippen LogP contribution in [0.25, 0.3) is 0 Å². The number of rotatable bonds is 5. The Labute approximate surface area is 161 Å². The maximum absolute atomic E-state index is 12.5. The van der Waals surface area contributed by atoms with E-state index in [1.54, 1.807) is 17.2 Å². The molecule has 0 radical (unpaired) electrons. The van der Waals surface area contributed by atoms with Crippen LogP contribution in [0.3, 0.4) is 0 Å². The summed E-state index contributed by atoms with van der Waals surface area (Å²) in [5.74, 6) is -0.397. The quantitative estimate of drug-likeness (QED) is 0.842. The highest BCUT2D eigenvalue weighted by molar-refractivity contribution is 5.95. The van der Waals surface area contributed by atoms with Crippen LogP contribution in [0.5, 0.6) is 0 Å². The van der Waals surface area contributed by atoms with Gasteiger partial charge in [0.15, 0.2) is 0 Å². The molecular formula is C20H31N3O4. The number of pyridine rings is 1. The topological polar surface area (TPSA) is 83.0 Å². The second kappa shape index (κ2) is 8.15. The first kappa shape index (κ1) is 21.0. The molecule has 1 saturated heterocycles. The molecule has 1 atom stereocenters. The van der Waals surface area contributed by atoms with E-state index in [1.165, 1.54) is 0 Å². The maximum atomic E-state index is 12.5. The van der Waals surface area contributed by atoms with E-state index in [-0.39, 0.29) is 23.6 Å². The largest absolute Gasteiger partial charge is 0.478 e. The number of carboxylic acids is 1. The minimum Gasteiger partial charge on any atom is -0.478 e. The number of ether oxygens (including phenoxy) is 1. The first-order valence-corrected chi connectivity index (χ1v) is 9.51. The van der Waals surface area contributed by atoms with Gasteiger partial charge >= 0.3 is 12.1 Å². The van der Waals surface area contributed by atoms with E-state index in [0.29, 0.717) is 25.5 Å². The van der Waals surface area contributed by atoms with Crippen LogP contribution in [0, 0.1) is 0 Å². The summed E-state index contributed by atoms with van der Waals surface area (Å²) in [6.07, 6.45) is 2.08. The third kappa shape index (κ3) is 4.90. The van der Waals surface area contributed by atoms with Gasteiger partial charge in [0.1, 0.15) is 17.0 Å². The smallest absolute Gasteiger partial charge is 0.410 e. The van der Waals surface area contributed by atoms with Crippen LogP contribution in [-0.2, 0) is 4.74 Å². The van der Waals surface area contributed by atoms with E-state index in [1.807, 2.05) is 46.4 Å². The zero-order valence-corrected chi connectivity index (χ0v) is 17.2. The summed E-state index contributed by atoms with van der Waals surface area (Å²) >= 11 is 0. The van der Waals surface area contributed by atoms with Crippen molar-refractivity contribution in [3.63, 3.8) is 0 Å². The number of nitrogens with zero attached hydrogens (tertiary/aromatic N) is 3. The minimum absolute atomic E-state index is 0.0315. The molecule has 2 heterocycles. The molecule has 0 aliphatic carbocycles. The molecule has 1 unspecified atom stereocenters. The maximum Gasteiger partial charge on any atom is 0.410 e. The van der Waals surface area contributed by atoms with Crippen LogP contribution in [0.2, 0.25) is 0 Å². The molecule has 0 saturated carbocycles. The average molecular weight is 377 g/mol. The van der Waals surface area contributed by atoms with Gasteiger partial charge in [0.25, 0.3) is 0 Å². The van der Waals surface area contributed by atoms with Gasteiger partial charge in [-0.1, -0.05) is 13.8 Å². The van der Waals surface area contributed by atoms with Gasteiger partial charge in [-0.2, -0.15) is 0 Å². The summed E-state index contributed by atoms with van der Waals surface area (Å²) in [6.45, 7) is 13.1. The molecule has 27 heavy (non-hydrogen) atoms. The summed E-state index contributed by atoms with van der Waals surface area (Å²) in [5, 5.41) is 9.74. The molecule has 1 amide bonds. The zero-order valence-electron chi connectivity index (χ0n) is 17.2. The monoisotopic (exact) mass is 377 g/mol. The fourth-order valence-corrected chi connectivity index (χ4v) is 3.45. The Bertz CT molecular complexity index is 697. The molecule has 1 fully saturated rings. The fourth-order valence-electron chi connectivity index (χ4n) is 3.45. The number of carbonyl (C=O) groups excluding carboxylic acids is 1. The van der Waals surface area contributed by atoms with E-state index < -0.39 is 11.6 Å². The number of hydrogen-bond acceptors (Lipinski definition) is 5. The first-order valence-electron chi connectivity index (χ1n) is 9.51. The minimum atomic E-state index is -0.968. The predicted octanol–water partition coefficient (Wildman–Crippen LogP) is 3.74. The standard InChI is InChI=1S/C20H31N3O4/c1-7-23(19(26)27-20(4,5)6)14-9-11-22(12-14)17-16(18(24)25)15(13(2)3)8-10-21-17/h8,10,13-14H,7,9,11-12H2,1-6H3,(H,24,25). The first-order chi connectivity index (χ1) is 12.5. The van der Waals surface area contributed by atoms with Crippen LogP contribution in [0.15, 0.2) is 12.3 Å². The van der Waals surface area contributed by atoms with Gasteiger partial charge in [0.05, 0.1) is 6.04 Å². The lowest BCUT2D eigenvalue weighted by Gasteiger charge is -2.31. The summed E-state index contributed by atoms with van der Waals surface area (Å²) < 4.78 is 5.52. The Morgan fingerprint density at radius 2 is 2.07 bits per heavy atom. The molecule has 0 spiro atoms. The second-order valence-corrected chi connectivity index (χ2v) is 8.21. The Kier molecular flexibility index (Phi) is 6.34. The lowest BCUT2D eigenvalue weighted by molar-refractivity contribution is 0.0190. The van der Waals surface area contributed by atoms with Gasteiger partial charge in [-0.05, 0) is 51.7 Å². The molecule has 1 aliphatic rings. The van der Waals surface area contributed by atoms with Crippen molar-refractivity contribution in [3.05, 3.63) is 23.4 Å². The van der Waals surface area contributed by atoms with Crippen molar-refractivity contribution in [2.24, 2.45) is 0 Å². The number of likely N-dealkylation sites (N-methyl/N-ethyl adjacent to an activating group) is 1. The molecule has 1 aliphatic heterocycles. The molecule has 1 N–H and O–H groups in total. The van der Waals surface area contributed by atoms with Crippen molar-refractivity contribution in [2.45, 2.75) is 65.5 Å². The number of carbonyl (C=O) groups is 2. The van der Waals surface area contributed by atoms with Gasteiger partial charge in [-0.3, -0.25) is 0 Å². The van der Waals surface area contributed by atoms with Crippen LogP contribution >= 0.6 is 0 Å². The van der Waals surface area contributed by atoms with Crippen molar-refractivity contribution < 1.29 is 19.4 Å². The normalized spacial score (nSPS) is 17.3. The Hall–Kier alpha value is -2.31. The van der Waals surface area contributed by atoms with Crippen molar-refractivity contribution in [3.8, 4) is 0 Å². The number of aromatic carboxylic acids is 1. The number of amides is 1. The summed E-state index contributed by atoms with van der Waals surface area (Å²) in [7, 11) is 0. The SMILES string of the molecule is CCN(C(=O)OC(C)(C)C)C1CCN(c2nccc(C(C)C)c2C(=O)O)C1. The van der Waals surface area contributed by atoms with Crippen LogP contribution in [0.4, 0.5) is 10.6 Å². The van der Waals surface area contributed by atoms with Crippen molar-refractivity contribution in [1.29, 1.82) is 0 Å². The van der Waals surface area contributed by atoms with E-state index >= 15 is 0 Å². The molecule has 7 nitrogen and oxygen atoms in total. The van der Waals surface area contributed by atoms with Crippen molar-refractivity contribution in [1.82, 2.24) is 9.88 Å².